The van der Waals surface area contributed by atoms with E-state index in [1.807, 2.05) is 42.5 Å². The number of hydrogen-bond donors (Lipinski definition) is 0. The van der Waals surface area contributed by atoms with E-state index >= 15 is 0 Å². The maximum Gasteiger partial charge on any atom is 0.313 e. The van der Waals surface area contributed by atoms with Crippen molar-refractivity contribution in [1.29, 1.82) is 0 Å². The molecule has 0 N–H and O–H groups in total. The van der Waals surface area contributed by atoms with Crippen LogP contribution in [0.4, 0.5) is 10.1 Å². The first kappa shape index (κ1) is 18.3. The van der Waals surface area contributed by atoms with E-state index in [0.29, 0.717) is 5.69 Å². The number of benzene rings is 2. The molecule has 5 rings (SSSR count). The van der Waals surface area contributed by atoms with Crippen molar-refractivity contribution in [1.82, 2.24) is 0 Å². The van der Waals surface area contributed by atoms with E-state index < -0.39 is 35.3 Å². The molecular weight excluding hydrogens is 397 g/mol. The average Bonchev–Trinajstić information content (AvgIpc) is 3.37. The van der Waals surface area contributed by atoms with Crippen molar-refractivity contribution in [3.05, 3.63) is 77.1 Å². The fraction of sp³-hybridized carbons (Fsp3) is 0.273. The Kier molecular flexibility index (Phi) is 4.22. The minimum atomic E-state index is -0.895. The molecule has 2 bridgehead atoms. The molecule has 29 heavy (non-hydrogen) atoms. The Morgan fingerprint density at radius 3 is 2.83 bits per heavy atom. The Morgan fingerprint density at radius 2 is 2.07 bits per heavy atom. The summed E-state index contributed by atoms with van der Waals surface area (Å²) in [7, 11) is 0. The highest BCUT2D eigenvalue weighted by atomic mass is 35.5. The standard InChI is InChI=1S/C22H17ClFNO4/c23-15-7-6-14(10-16(15)24)25-12-22-9-8-17(29-22)18(19(22)20(25)26)21(27)28-11-13-4-2-1-3-5-13/h1-10,17-19H,11-12H2/t17-,18?,19+,22-/m1/s1. The lowest BCUT2D eigenvalue weighted by atomic mass is 9.77. The molecule has 0 aliphatic carbocycles. The molecule has 2 aromatic rings. The third kappa shape index (κ3) is 2.86. The van der Waals surface area contributed by atoms with Gasteiger partial charge in [-0.25, -0.2) is 4.39 Å². The van der Waals surface area contributed by atoms with Gasteiger partial charge in [0.2, 0.25) is 5.91 Å². The summed E-state index contributed by atoms with van der Waals surface area (Å²) in [6, 6.07) is 13.6. The molecule has 2 aromatic carbocycles. The van der Waals surface area contributed by atoms with Crippen LogP contribution < -0.4 is 4.90 Å². The Balaban J connectivity index is 1.39. The van der Waals surface area contributed by atoms with Gasteiger partial charge in [-0.05, 0) is 23.8 Å². The minimum absolute atomic E-state index is 0.0156. The van der Waals surface area contributed by atoms with Gasteiger partial charge in [-0.15, -0.1) is 0 Å². The van der Waals surface area contributed by atoms with Crippen molar-refractivity contribution in [2.75, 3.05) is 11.4 Å². The Labute approximate surface area is 171 Å². The van der Waals surface area contributed by atoms with Crippen molar-refractivity contribution in [3.8, 4) is 0 Å². The number of carbonyl (C=O) groups is 2. The van der Waals surface area contributed by atoms with Gasteiger partial charge < -0.3 is 14.4 Å². The van der Waals surface area contributed by atoms with Gasteiger partial charge in [0.05, 0.1) is 23.6 Å². The van der Waals surface area contributed by atoms with E-state index in [1.54, 1.807) is 6.07 Å². The lowest BCUT2D eigenvalue weighted by Gasteiger charge is -2.22. The molecule has 3 aliphatic rings. The fourth-order valence-corrected chi connectivity index (χ4v) is 4.58. The Hall–Kier alpha value is -2.70. The molecule has 2 saturated heterocycles. The van der Waals surface area contributed by atoms with E-state index in [2.05, 4.69) is 0 Å². The molecule has 1 amide bonds. The quantitative estimate of drug-likeness (QED) is 0.568. The molecule has 3 aliphatic heterocycles. The summed E-state index contributed by atoms with van der Waals surface area (Å²) >= 11 is 5.76. The third-order valence-corrected chi connectivity index (χ3v) is 6.12. The van der Waals surface area contributed by atoms with Crippen LogP contribution in [-0.4, -0.2) is 30.1 Å². The first-order chi connectivity index (χ1) is 14.0. The van der Waals surface area contributed by atoms with Crippen molar-refractivity contribution in [2.45, 2.75) is 18.3 Å². The summed E-state index contributed by atoms with van der Waals surface area (Å²) in [5.41, 5.74) is 0.359. The Bertz CT molecular complexity index is 1030. The van der Waals surface area contributed by atoms with Crippen LogP contribution in [0.15, 0.2) is 60.7 Å². The van der Waals surface area contributed by atoms with E-state index in [1.165, 1.54) is 17.0 Å². The van der Waals surface area contributed by atoms with Crippen LogP contribution >= 0.6 is 11.6 Å². The second-order valence-electron chi connectivity index (χ2n) is 7.52. The molecule has 2 fully saturated rings. The van der Waals surface area contributed by atoms with Crippen LogP contribution in [0.2, 0.25) is 5.02 Å². The molecule has 148 valence electrons. The van der Waals surface area contributed by atoms with Crippen molar-refractivity contribution >= 4 is 29.2 Å². The second kappa shape index (κ2) is 6.68. The zero-order valence-corrected chi connectivity index (χ0v) is 16.0. The van der Waals surface area contributed by atoms with Gasteiger partial charge >= 0.3 is 5.97 Å². The molecule has 0 saturated carbocycles. The van der Waals surface area contributed by atoms with Crippen molar-refractivity contribution < 1.29 is 23.5 Å². The molecule has 0 radical (unpaired) electrons. The number of amides is 1. The van der Waals surface area contributed by atoms with Gasteiger partial charge in [0.15, 0.2) is 0 Å². The van der Waals surface area contributed by atoms with E-state index in [4.69, 9.17) is 21.1 Å². The predicted molar refractivity (Wildman–Crippen MR) is 104 cm³/mol. The molecule has 1 spiro atoms. The third-order valence-electron chi connectivity index (χ3n) is 5.81. The smallest absolute Gasteiger partial charge is 0.313 e. The summed E-state index contributed by atoms with van der Waals surface area (Å²) in [6.45, 7) is 0.347. The lowest BCUT2D eigenvalue weighted by molar-refractivity contribution is -0.153. The first-order valence-corrected chi connectivity index (χ1v) is 9.70. The van der Waals surface area contributed by atoms with Gasteiger partial charge in [0, 0.05) is 5.69 Å². The Morgan fingerprint density at radius 1 is 1.28 bits per heavy atom. The first-order valence-electron chi connectivity index (χ1n) is 9.33. The number of halogens is 2. The molecule has 4 atom stereocenters. The van der Waals surface area contributed by atoms with E-state index in [-0.39, 0.29) is 24.1 Å². The number of rotatable bonds is 4. The van der Waals surface area contributed by atoms with Crippen molar-refractivity contribution in [3.63, 3.8) is 0 Å². The maximum absolute atomic E-state index is 13.9. The lowest BCUT2D eigenvalue weighted by Crippen LogP contribution is -2.40. The molecule has 7 heteroatoms. The van der Waals surface area contributed by atoms with Gasteiger partial charge in [0.25, 0.3) is 0 Å². The number of nitrogens with zero attached hydrogens (tertiary/aromatic N) is 1. The van der Waals surface area contributed by atoms with Crippen molar-refractivity contribution in [2.24, 2.45) is 11.8 Å². The van der Waals surface area contributed by atoms with E-state index in [0.717, 1.165) is 5.56 Å². The topological polar surface area (TPSA) is 55.8 Å². The van der Waals surface area contributed by atoms with Gasteiger partial charge in [-0.3, -0.25) is 9.59 Å². The van der Waals surface area contributed by atoms with Gasteiger partial charge in [-0.1, -0.05) is 54.1 Å². The highest BCUT2D eigenvalue weighted by Gasteiger charge is 2.67. The molecular formula is C22H17ClFNO4. The van der Waals surface area contributed by atoms with Gasteiger partial charge in [-0.2, -0.15) is 0 Å². The highest BCUT2D eigenvalue weighted by molar-refractivity contribution is 6.30. The fourth-order valence-electron chi connectivity index (χ4n) is 4.46. The second-order valence-corrected chi connectivity index (χ2v) is 7.92. The molecule has 5 nitrogen and oxygen atoms in total. The predicted octanol–water partition coefficient (Wildman–Crippen LogP) is 3.51. The minimum Gasteiger partial charge on any atom is -0.460 e. The summed E-state index contributed by atoms with van der Waals surface area (Å²) in [5.74, 6) is -2.77. The monoisotopic (exact) mass is 413 g/mol. The number of ether oxygens (including phenoxy) is 2. The summed E-state index contributed by atoms with van der Waals surface area (Å²) in [4.78, 5) is 27.5. The van der Waals surface area contributed by atoms with Crippen LogP contribution in [0.5, 0.6) is 0 Å². The summed E-state index contributed by atoms with van der Waals surface area (Å²) in [5, 5.41) is -0.0156. The van der Waals surface area contributed by atoms with Crippen LogP contribution in [0.25, 0.3) is 0 Å². The van der Waals surface area contributed by atoms with E-state index in [9.17, 15) is 14.0 Å². The molecule has 0 aromatic heterocycles. The number of carbonyl (C=O) groups excluding carboxylic acids is 2. The zero-order chi connectivity index (χ0) is 20.2. The number of anilines is 1. The van der Waals surface area contributed by atoms with Crippen LogP contribution in [0.1, 0.15) is 5.56 Å². The van der Waals surface area contributed by atoms with Crippen LogP contribution in [0.3, 0.4) is 0 Å². The van der Waals surface area contributed by atoms with Crippen LogP contribution in [-0.2, 0) is 25.7 Å². The van der Waals surface area contributed by atoms with Gasteiger partial charge in [0.1, 0.15) is 23.9 Å². The maximum atomic E-state index is 13.9. The summed E-state index contributed by atoms with van der Waals surface area (Å²) in [6.07, 6.45) is 3.16. The normalized spacial score (nSPS) is 29.4. The molecule has 3 heterocycles. The number of esters is 1. The van der Waals surface area contributed by atoms with Crippen LogP contribution in [0, 0.1) is 17.7 Å². The largest absolute Gasteiger partial charge is 0.460 e. The number of hydrogen-bond acceptors (Lipinski definition) is 4. The molecule has 1 unspecified atom stereocenters. The summed E-state index contributed by atoms with van der Waals surface area (Å²) < 4.78 is 25.5. The SMILES string of the molecule is O=C(OCc1ccccc1)C1[C@H]2C(=O)N(c3ccc(Cl)c(F)c3)C[C@]23C=C[C@H]1O3. The number of fused-ring (bicyclic) bond motifs is 1. The highest BCUT2D eigenvalue weighted by Crippen LogP contribution is 2.53. The average molecular weight is 414 g/mol. The zero-order valence-electron chi connectivity index (χ0n) is 15.3.